The molecule has 0 saturated carbocycles. The summed E-state index contributed by atoms with van der Waals surface area (Å²) < 4.78 is 46.0. The van der Waals surface area contributed by atoms with Gasteiger partial charge < -0.3 is 19.7 Å². The monoisotopic (exact) mass is 440 g/mol. The number of rotatable bonds is 7. The van der Waals surface area contributed by atoms with Gasteiger partial charge >= 0.3 is 6.36 Å². The summed E-state index contributed by atoms with van der Waals surface area (Å²) in [4.78, 5) is 33.7. The molecule has 11 heteroatoms. The van der Waals surface area contributed by atoms with Crippen molar-refractivity contribution in [1.29, 1.82) is 0 Å². The van der Waals surface area contributed by atoms with Crippen LogP contribution in [-0.2, 0) is 4.74 Å². The van der Waals surface area contributed by atoms with Crippen molar-refractivity contribution in [2.24, 2.45) is 5.92 Å². The van der Waals surface area contributed by atoms with Crippen LogP contribution in [0.25, 0.3) is 0 Å². The second-order valence-corrected chi connectivity index (χ2v) is 7.39. The lowest BCUT2D eigenvalue weighted by atomic mass is 10.1. The van der Waals surface area contributed by atoms with E-state index in [1.807, 2.05) is 4.90 Å². The Labute approximate surface area is 176 Å². The quantitative estimate of drug-likeness (QED) is 0.687. The number of anilines is 1. The van der Waals surface area contributed by atoms with E-state index in [1.165, 1.54) is 19.2 Å². The molecule has 0 bridgehead atoms. The molecule has 168 valence electrons. The number of aromatic nitrogens is 2. The second-order valence-electron chi connectivity index (χ2n) is 7.39. The van der Waals surface area contributed by atoms with Crippen LogP contribution in [0.4, 0.5) is 19.1 Å². The van der Waals surface area contributed by atoms with Crippen LogP contribution in [0.2, 0.25) is 0 Å². The highest BCUT2D eigenvalue weighted by molar-refractivity contribution is 5.92. The summed E-state index contributed by atoms with van der Waals surface area (Å²) in [6.07, 6.45) is -3.83. The normalized spacial score (nSPS) is 17.5. The Morgan fingerprint density at radius 2 is 2.06 bits per heavy atom. The molecule has 2 N–H and O–H groups in total. The molecule has 31 heavy (non-hydrogen) atoms. The highest BCUT2D eigenvalue weighted by Crippen LogP contribution is 2.25. The van der Waals surface area contributed by atoms with Gasteiger partial charge in [-0.2, -0.15) is 0 Å². The molecule has 2 unspecified atom stereocenters. The van der Waals surface area contributed by atoms with Gasteiger partial charge in [0, 0.05) is 26.3 Å². The van der Waals surface area contributed by atoms with E-state index in [4.69, 9.17) is 4.74 Å². The molecule has 2 aromatic rings. The van der Waals surface area contributed by atoms with Gasteiger partial charge in [-0.15, -0.1) is 13.2 Å². The van der Waals surface area contributed by atoms with Gasteiger partial charge in [0.05, 0.1) is 12.6 Å². The summed E-state index contributed by atoms with van der Waals surface area (Å²) in [5.74, 6) is -0.186. The Hall–Kier alpha value is -3.08. The number of ether oxygens (including phenoxy) is 2. The number of aromatic amines is 1. The highest BCUT2D eigenvalue weighted by atomic mass is 19.4. The molecule has 1 aromatic carbocycles. The summed E-state index contributed by atoms with van der Waals surface area (Å²) in [6, 6.07) is 5.52. The molecule has 8 nitrogen and oxygen atoms in total. The fourth-order valence-corrected chi connectivity index (χ4v) is 3.36. The molecule has 2 atom stereocenters. The van der Waals surface area contributed by atoms with Gasteiger partial charge in [-0.05, 0) is 30.0 Å². The van der Waals surface area contributed by atoms with Crippen molar-refractivity contribution < 1.29 is 27.4 Å². The average Bonchev–Trinajstić information content (AvgIpc) is 3.13. The summed E-state index contributed by atoms with van der Waals surface area (Å²) in [5, 5.41) is 2.71. The minimum Gasteiger partial charge on any atom is -0.406 e. The Kier molecular flexibility index (Phi) is 6.84. The molecule has 2 heterocycles. The first kappa shape index (κ1) is 22.6. The van der Waals surface area contributed by atoms with Crippen LogP contribution in [0, 0.1) is 5.92 Å². The van der Waals surface area contributed by atoms with E-state index in [9.17, 15) is 22.8 Å². The van der Waals surface area contributed by atoms with Crippen molar-refractivity contribution in [3.63, 3.8) is 0 Å². The van der Waals surface area contributed by atoms with E-state index in [-0.39, 0.29) is 18.1 Å². The third-order valence-electron chi connectivity index (χ3n) is 4.84. The van der Waals surface area contributed by atoms with Crippen molar-refractivity contribution in [3.8, 4) is 5.75 Å². The van der Waals surface area contributed by atoms with Gasteiger partial charge in [0.25, 0.3) is 11.5 Å². The van der Waals surface area contributed by atoms with Crippen molar-refractivity contribution >= 4 is 11.9 Å². The number of alkyl halides is 3. The molecular weight excluding hydrogens is 417 g/mol. The number of nitrogens with zero attached hydrogens (tertiary/aromatic N) is 2. The lowest BCUT2D eigenvalue weighted by molar-refractivity contribution is -0.274. The highest BCUT2D eigenvalue weighted by Gasteiger charge is 2.31. The standard InChI is InChI=1S/C20H23F3N4O4/c1-12-7-8-27(10-12)19-25-15(9-17(28)26-19)18(29)24-16(11-30-2)13-3-5-14(6-4-13)31-20(21,22)23/h3-6,9,12,16H,7-8,10-11H2,1-2H3,(H,24,29)(H,25,26,28). The first-order valence-corrected chi connectivity index (χ1v) is 9.66. The summed E-state index contributed by atoms with van der Waals surface area (Å²) >= 11 is 0. The SMILES string of the molecule is COCC(NC(=O)c1cc(=O)[nH]c(N2CCC(C)C2)n1)c1ccc(OC(F)(F)F)cc1. The lowest BCUT2D eigenvalue weighted by Gasteiger charge is -2.20. The van der Waals surface area contributed by atoms with E-state index >= 15 is 0 Å². The summed E-state index contributed by atoms with van der Waals surface area (Å²) in [7, 11) is 1.43. The number of carbonyl (C=O) groups is 1. The molecule has 1 saturated heterocycles. The van der Waals surface area contributed by atoms with E-state index in [0.29, 0.717) is 17.4 Å². The zero-order valence-electron chi connectivity index (χ0n) is 17.0. The van der Waals surface area contributed by atoms with Gasteiger partial charge in [0.15, 0.2) is 0 Å². The molecule has 1 fully saturated rings. The number of amides is 1. The Morgan fingerprint density at radius 3 is 2.65 bits per heavy atom. The summed E-state index contributed by atoms with van der Waals surface area (Å²) in [5.41, 5.74) is -0.00812. The van der Waals surface area contributed by atoms with Gasteiger partial charge in [0.1, 0.15) is 11.4 Å². The number of hydrogen-bond donors (Lipinski definition) is 2. The first-order valence-electron chi connectivity index (χ1n) is 9.66. The van der Waals surface area contributed by atoms with E-state index < -0.39 is 23.9 Å². The number of carbonyl (C=O) groups excluding carboxylic acids is 1. The smallest absolute Gasteiger partial charge is 0.406 e. The minimum atomic E-state index is -4.79. The number of hydrogen-bond acceptors (Lipinski definition) is 6. The van der Waals surface area contributed by atoms with Crippen LogP contribution in [0.5, 0.6) is 5.75 Å². The maximum atomic E-state index is 12.8. The van der Waals surface area contributed by atoms with Crippen LogP contribution in [0.1, 0.15) is 35.4 Å². The number of methoxy groups -OCH3 is 1. The maximum Gasteiger partial charge on any atom is 0.573 e. The molecule has 0 radical (unpaired) electrons. The van der Waals surface area contributed by atoms with Crippen LogP contribution in [-0.4, -0.2) is 49.0 Å². The molecule has 1 aliphatic heterocycles. The number of nitrogens with one attached hydrogen (secondary N) is 2. The van der Waals surface area contributed by atoms with Gasteiger partial charge in [-0.3, -0.25) is 14.6 Å². The van der Waals surface area contributed by atoms with Crippen molar-refractivity contribution in [2.75, 3.05) is 31.7 Å². The maximum absolute atomic E-state index is 12.8. The molecule has 1 amide bonds. The van der Waals surface area contributed by atoms with Crippen molar-refractivity contribution in [2.45, 2.75) is 25.7 Å². The number of halogens is 3. The zero-order chi connectivity index (χ0) is 22.6. The van der Waals surface area contributed by atoms with Gasteiger partial charge in [-0.1, -0.05) is 19.1 Å². The third kappa shape index (κ3) is 6.20. The summed E-state index contributed by atoms with van der Waals surface area (Å²) in [6.45, 7) is 3.61. The third-order valence-corrected chi connectivity index (χ3v) is 4.84. The van der Waals surface area contributed by atoms with E-state index in [1.54, 1.807) is 0 Å². The number of benzene rings is 1. The van der Waals surface area contributed by atoms with E-state index in [2.05, 4.69) is 26.9 Å². The van der Waals surface area contributed by atoms with Crippen LogP contribution < -0.4 is 20.5 Å². The van der Waals surface area contributed by atoms with Crippen LogP contribution in [0.15, 0.2) is 35.1 Å². The van der Waals surface area contributed by atoms with Gasteiger partial charge in [0.2, 0.25) is 5.95 Å². The Bertz CT molecular complexity index is 962. The molecule has 1 aromatic heterocycles. The average molecular weight is 440 g/mol. The largest absolute Gasteiger partial charge is 0.573 e. The molecule has 3 rings (SSSR count). The zero-order valence-corrected chi connectivity index (χ0v) is 17.0. The fraction of sp³-hybridized carbons (Fsp3) is 0.450. The second kappa shape index (κ2) is 9.38. The molecular formula is C20H23F3N4O4. The van der Waals surface area contributed by atoms with Crippen LogP contribution >= 0.6 is 0 Å². The predicted octanol–water partition coefficient (Wildman–Crippen LogP) is 2.63. The molecule has 1 aliphatic rings. The fourth-order valence-electron chi connectivity index (χ4n) is 3.36. The predicted molar refractivity (Wildman–Crippen MR) is 106 cm³/mol. The molecule has 0 spiro atoms. The van der Waals surface area contributed by atoms with Gasteiger partial charge in [-0.25, -0.2) is 4.98 Å². The molecule has 0 aliphatic carbocycles. The Balaban J connectivity index is 1.76. The van der Waals surface area contributed by atoms with Crippen LogP contribution in [0.3, 0.4) is 0 Å². The van der Waals surface area contributed by atoms with Crippen molar-refractivity contribution in [1.82, 2.24) is 15.3 Å². The first-order chi connectivity index (χ1) is 14.6. The van der Waals surface area contributed by atoms with E-state index in [0.717, 1.165) is 37.7 Å². The number of H-pyrrole nitrogens is 1. The Morgan fingerprint density at radius 1 is 1.35 bits per heavy atom. The minimum absolute atomic E-state index is 0.0589. The topological polar surface area (TPSA) is 96.5 Å². The lowest BCUT2D eigenvalue weighted by Crippen LogP contribution is -2.34. The van der Waals surface area contributed by atoms with Crippen molar-refractivity contribution in [3.05, 3.63) is 51.9 Å².